The van der Waals surface area contributed by atoms with Gasteiger partial charge in [-0.15, -0.1) is 0 Å². The molecular formula is C11H11BrN2. The zero-order chi connectivity index (χ0) is 10.1. The van der Waals surface area contributed by atoms with Crippen LogP contribution in [0.15, 0.2) is 22.7 Å². The topological polar surface area (TPSA) is 35.8 Å². The van der Waals surface area contributed by atoms with E-state index in [4.69, 9.17) is 5.26 Å². The lowest BCUT2D eigenvalue weighted by atomic mass is 10.2. The molecule has 0 spiro atoms. The molecule has 1 aromatic rings. The van der Waals surface area contributed by atoms with Gasteiger partial charge in [0.2, 0.25) is 0 Å². The Morgan fingerprint density at radius 2 is 2.29 bits per heavy atom. The molecule has 0 aliphatic heterocycles. The molecule has 2 atom stereocenters. The summed E-state index contributed by atoms with van der Waals surface area (Å²) >= 11 is 3.45. The first-order valence-corrected chi connectivity index (χ1v) is 5.46. The highest BCUT2D eigenvalue weighted by Crippen LogP contribution is 2.35. The van der Waals surface area contributed by atoms with Crippen molar-refractivity contribution in [1.82, 2.24) is 0 Å². The minimum atomic E-state index is 0.610. The number of hydrogen-bond acceptors (Lipinski definition) is 2. The maximum atomic E-state index is 8.70. The predicted molar refractivity (Wildman–Crippen MR) is 60.0 cm³/mol. The number of rotatable bonds is 2. The molecule has 1 fully saturated rings. The second-order valence-corrected chi connectivity index (χ2v) is 4.62. The molecule has 1 saturated carbocycles. The van der Waals surface area contributed by atoms with Crippen LogP contribution in [0.25, 0.3) is 0 Å². The molecule has 1 aromatic carbocycles. The van der Waals surface area contributed by atoms with Crippen molar-refractivity contribution in [3.05, 3.63) is 28.2 Å². The van der Waals surface area contributed by atoms with Gasteiger partial charge in [-0.3, -0.25) is 0 Å². The van der Waals surface area contributed by atoms with E-state index in [1.807, 2.05) is 18.2 Å². The average Bonchev–Trinajstić information content (AvgIpc) is 2.85. The number of nitriles is 1. The molecule has 2 unspecified atom stereocenters. The third kappa shape index (κ3) is 1.91. The zero-order valence-electron chi connectivity index (χ0n) is 7.92. The van der Waals surface area contributed by atoms with Gasteiger partial charge >= 0.3 is 0 Å². The summed E-state index contributed by atoms with van der Waals surface area (Å²) in [6, 6.07) is 8.35. The fraction of sp³-hybridized carbons (Fsp3) is 0.364. The molecule has 0 aromatic heterocycles. The highest BCUT2D eigenvalue weighted by molar-refractivity contribution is 9.10. The third-order valence-corrected chi connectivity index (χ3v) is 3.20. The van der Waals surface area contributed by atoms with E-state index in [1.165, 1.54) is 6.42 Å². The van der Waals surface area contributed by atoms with Crippen molar-refractivity contribution < 1.29 is 0 Å². The zero-order valence-corrected chi connectivity index (χ0v) is 9.51. The molecule has 1 aliphatic carbocycles. The van der Waals surface area contributed by atoms with Gasteiger partial charge in [-0.2, -0.15) is 5.26 Å². The van der Waals surface area contributed by atoms with Crippen molar-refractivity contribution in [1.29, 1.82) is 5.26 Å². The van der Waals surface area contributed by atoms with E-state index >= 15 is 0 Å². The van der Waals surface area contributed by atoms with Crippen LogP contribution < -0.4 is 5.32 Å². The summed E-state index contributed by atoms with van der Waals surface area (Å²) in [6.45, 7) is 2.23. The van der Waals surface area contributed by atoms with Gasteiger partial charge in [0.05, 0.1) is 11.6 Å². The van der Waals surface area contributed by atoms with Crippen LogP contribution in [0.2, 0.25) is 0 Å². The summed E-state index contributed by atoms with van der Waals surface area (Å²) in [5, 5.41) is 12.1. The van der Waals surface area contributed by atoms with Crippen molar-refractivity contribution in [2.75, 3.05) is 5.32 Å². The van der Waals surface area contributed by atoms with E-state index in [0.717, 1.165) is 16.1 Å². The molecule has 1 N–H and O–H groups in total. The quantitative estimate of drug-likeness (QED) is 0.876. The van der Waals surface area contributed by atoms with Crippen LogP contribution in [0.1, 0.15) is 18.9 Å². The van der Waals surface area contributed by atoms with Gasteiger partial charge in [0.15, 0.2) is 0 Å². The highest BCUT2D eigenvalue weighted by atomic mass is 79.9. The fourth-order valence-electron chi connectivity index (χ4n) is 1.42. The molecule has 3 heteroatoms. The monoisotopic (exact) mass is 250 g/mol. The van der Waals surface area contributed by atoms with Gasteiger partial charge in [-0.05, 0) is 46.5 Å². The first kappa shape index (κ1) is 9.54. The van der Waals surface area contributed by atoms with Crippen molar-refractivity contribution in [3.8, 4) is 6.07 Å². The highest BCUT2D eigenvalue weighted by Gasteiger charge is 2.32. The van der Waals surface area contributed by atoms with Gasteiger partial charge < -0.3 is 5.32 Å². The Morgan fingerprint density at radius 3 is 2.79 bits per heavy atom. The van der Waals surface area contributed by atoms with E-state index in [9.17, 15) is 0 Å². The van der Waals surface area contributed by atoms with Gasteiger partial charge in [-0.25, -0.2) is 0 Å². The average molecular weight is 251 g/mol. The molecule has 0 saturated heterocycles. The van der Waals surface area contributed by atoms with Crippen molar-refractivity contribution in [2.45, 2.75) is 19.4 Å². The molecular weight excluding hydrogens is 240 g/mol. The molecule has 14 heavy (non-hydrogen) atoms. The molecule has 72 valence electrons. The van der Waals surface area contributed by atoms with E-state index in [2.05, 4.69) is 34.2 Å². The summed E-state index contributed by atoms with van der Waals surface area (Å²) in [6.07, 6.45) is 1.24. The van der Waals surface area contributed by atoms with Gasteiger partial charge in [0, 0.05) is 16.2 Å². The smallest absolute Gasteiger partial charge is 0.0992 e. The largest absolute Gasteiger partial charge is 0.381 e. The summed E-state index contributed by atoms with van der Waals surface area (Å²) in [4.78, 5) is 0. The van der Waals surface area contributed by atoms with Crippen LogP contribution >= 0.6 is 15.9 Å². The SMILES string of the molecule is CC1CC1Nc1ccc(C#N)cc1Br. The Hall–Kier alpha value is -1.01. The van der Waals surface area contributed by atoms with Crippen LogP contribution in [0.5, 0.6) is 0 Å². The normalized spacial score (nSPS) is 24.1. The van der Waals surface area contributed by atoms with E-state index in [0.29, 0.717) is 11.6 Å². The second-order valence-electron chi connectivity index (χ2n) is 3.77. The van der Waals surface area contributed by atoms with E-state index in [1.54, 1.807) is 0 Å². The fourth-order valence-corrected chi connectivity index (χ4v) is 1.92. The maximum Gasteiger partial charge on any atom is 0.0992 e. The lowest BCUT2D eigenvalue weighted by molar-refractivity contribution is 0.929. The molecule has 0 radical (unpaired) electrons. The Bertz CT molecular complexity index is 395. The number of anilines is 1. The third-order valence-electron chi connectivity index (χ3n) is 2.55. The molecule has 0 bridgehead atoms. The minimum Gasteiger partial charge on any atom is -0.381 e. The Morgan fingerprint density at radius 1 is 1.57 bits per heavy atom. The lowest BCUT2D eigenvalue weighted by Gasteiger charge is -2.07. The Balaban J connectivity index is 2.15. The molecule has 2 rings (SSSR count). The van der Waals surface area contributed by atoms with Crippen molar-refractivity contribution >= 4 is 21.6 Å². The van der Waals surface area contributed by atoms with E-state index < -0.39 is 0 Å². The maximum absolute atomic E-state index is 8.70. The first-order valence-electron chi connectivity index (χ1n) is 4.67. The number of nitrogens with one attached hydrogen (secondary N) is 1. The van der Waals surface area contributed by atoms with Gasteiger partial charge in [-0.1, -0.05) is 6.92 Å². The second kappa shape index (κ2) is 3.62. The Kier molecular flexibility index (Phi) is 2.47. The van der Waals surface area contributed by atoms with Crippen molar-refractivity contribution in [3.63, 3.8) is 0 Å². The van der Waals surface area contributed by atoms with Crippen LogP contribution in [-0.4, -0.2) is 6.04 Å². The number of nitrogens with zero attached hydrogens (tertiary/aromatic N) is 1. The van der Waals surface area contributed by atoms with Crippen LogP contribution in [-0.2, 0) is 0 Å². The summed E-state index contributed by atoms with van der Waals surface area (Å²) in [7, 11) is 0. The molecule has 0 heterocycles. The number of halogens is 1. The van der Waals surface area contributed by atoms with Crippen LogP contribution in [0.3, 0.4) is 0 Å². The molecule has 1 aliphatic rings. The standard InChI is InChI=1S/C11H11BrN2/c1-7-4-11(7)14-10-3-2-8(6-13)5-9(10)12/h2-3,5,7,11,14H,4H2,1H3. The van der Waals surface area contributed by atoms with Gasteiger partial charge in [0.25, 0.3) is 0 Å². The van der Waals surface area contributed by atoms with E-state index in [-0.39, 0.29) is 0 Å². The summed E-state index contributed by atoms with van der Waals surface area (Å²) in [5.74, 6) is 0.776. The van der Waals surface area contributed by atoms with Crippen LogP contribution in [0, 0.1) is 17.2 Å². The first-order chi connectivity index (χ1) is 6.70. The summed E-state index contributed by atoms with van der Waals surface area (Å²) in [5.41, 5.74) is 1.77. The molecule has 0 amide bonds. The molecule has 2 nitrogen and oxygen atoms in total. The lowest BCUT2D eigenvalue weighted by Crippen LogP contribution is -2.03. The van der Waals surface area contributed by atoms with Crippen LogP contribution in [0.4, 0.5) is 5.69 Å². The predicted octanol–water partition coefficient (Wildman–Crippen LogP) is 3.14. The summed E-state index contributed by atoms with van der Waals surface area (Å²) < 4.78 is 0.968. The number of hydrogen-bond donors (Lipinski definition) is 1. The number of benzene rings is 1. The minimum absolute atomic E-state index is 0.610. The van der Waals surface area contributed by atoms with Crippen molar-refractivity contribution in [2.24, 2.45) is 5.92 Å². The van der Waals surface area contributed by atoms with Gasteiger partial charge in [0.1, 0.15) is 0 Å². The Labute approximate surface area is 92.1 Å².